The van der Waals surface area contributed by atoms with Gasteiger partial charge in [-0.25, -0.2) is 0 Å². The van der Waals surface area contributed by atoms with Crippen LogP contribution in [0.2, 0.25) is 0 Å². The van der Waals surface area contributed by atoms with Crippen molar-refractivity contribution in [2.75, 3.05) is 39.0 Å². The maximum absolute atomic E-state index is 12.2. The predicted molar refractivity (Wildman–Crippen MR) is 84.6 cm³/mol. The number of piperidine rings is 1. The lowest BCUT2D eigenvalue weighted by atomic mass is 9.99. The highest BCUT2D eigenvalue weighted by Crippen LogP contribution is 2.21. The first-order valence-electron chi connectivity index (χ1n) is 7.54. The number of nitrogens with zero attached hydrogens (tertiary/aromatic N) is 1. The molecule has 5 heteroatoms. The normalized spacial score (nSPS) is 16.7. The number of nitrogens with one attached hydrogen (secondary N) is 1. The van der Waals surface area contributed by atoms with Crippen molar-refractivity contribution in [2.45, 2.75) is 19.8 Å². The van der Waals surface area contributed by atoms with Crippen molar-refractivity contribution < 1.29 is 9.53 Å². The number of likely N-dealkylation sites (tertiary alicyclic amines) is 1. The third-order valence-corrected chi connectivity index (χ3v) is 4.06. The molecule has 0 radical (unpaired) electrons. The quantitative estimate of drug-likeness (QED) is 0.811. The van der Waals surface area contributed by atoms with E-state index in [-0.39, 0.29) is 5.91 Å². The molecule has 0 spiro atoms. The summed E-state index contributed by atoms with van der Waals surface area (Å²) in [4.78, 5) is 14.6. The lowest BCUT2D eigenvalue weighted by Crippen LogP contribution is -2.39. The zero-order valence-corrected chi connectivity index (χ0v) is 12.9. The van der Waals surface area contributed by atoms with Gasteiger partial charge in [0.25, 0.3) is 5.91 Å². The number of benzene rings is 1. The van der Waals surface area contributed by atoms with Crippen LogP contribution in [0.25, 0.3) is 0 Å². The Labute approximate surface area is 126 Å². The summed E-state index contributed by atoms with van der Waals surface area (Å²) in [7, 11) is 1.54. The van der Waals surface area contributed by atoms with Crippen LogP contribution in [0.5, 0.6) is 5.75 Å². The van der Waals surface area contributed by atoms with Crippen LogP contribution in [0.1, 0.15) is 30.1 Å². The highest BCUT2D eigenvalue weighted by atomic mass is 16.5. The van der Waals surface area contributed by atoms with Crippen LogP contribution in [0.4, 0.5) is 5.69 Å². The molecule has 3 N–H and O–H groups in total. The molecule has 0 aromatic heterocycles. The van der Waals surface area contributed by atoms with Crippen molar-refractivity contribution in [3.63, 3.8) is 0 Å². The van der Waals surface area contributed by atoms with Gasteiger partial charge in [0.15, 0.2) is 0 Å². The Morgan fingerprint density at radius 3 is 2.81 bits per heavy atom. The van der Waals surface area contributed by atoms with E-state index in [1.54, 1.807) is 25.3 Å². The van der Waals surface area contributed by atoms with Gasteiger partial charge in [-0.15, -0.1) is 0 Å². The van der Waals surface area contributed by atoms with Gasteiger partial charge in [0.1, 0.15) is 5.75 Å². The molecule has 0 atom stereocenters. The van der Waals surface area contributed by atoms with E-state index < -0.39 is 0 Å². The zero-order chi connectivity index (χ0) is 15.2. The molecule has 1 amide bonds. The van der Waals surface area contributed by atoms with Gasteiger partial charge in [-0.1, -0.05) is 6.92 Å². The van der Waals surface area contributed by atoms with Gasteiger partial charge in [-0.2, -0.15) is 0 Å². The summed E-state index contributed by atoms with van der Waals surface area (Å²) < 4.78 is 5.20. The maximum Gasteiger partial charge on any atom is 0.255 e. The van der Waals surface area contributed by atoms with Crippen LogP contribution in [-0.2, 0) is 0 Å². The second-order valence-corrected chi connectivity index (χ2v) is 5.74. The Balaban J connectivity index is 1.82. The number of carbonyl (C=O) groups is 1. The fourth-order valence-electron chi connectivity index (χ4n) is 2.60. The summed E-state index contributed by atoms with van der Waals surface area (Å²) >= 11 is 0. The van der Waals surface area contributed by atoms with Gasteiger partial charge in [-0.05, 0) is 44.0 Å². The van der Waals surface area contributed by atoms with E-state index in [0.29, 0.717) is 23.5 Å². The Hall–Kier alpha value is -1.75. The maximum atomic E-state index is 12.2. The van der Waals surface area contributed by atoms with E-state index >= 15 is 0 Å². The molecule has 0 bridgehead atoms. The minimum absolute atomic E-state index is 0.114. The molecule has 1 aliphatic rings. The summed E-state index contributed by atoms with van der Waals surface area (Å²) in [6.07, 6.45) is 2.50. The number of rotatable bonds is 5. The van der Waals surface area contributed by atoms with Crippen molar-refractivity contribution in [1.29, 1.82) is 0 Å². The van der Waals surface area contributed by atoms with Gasteiger partial charge in [-0.3, -0.25) is 4.79 Å². The SMILES string of the molecule is COc1cc(N)ccc1C(=O)NCCN1CCC(C)CC1. The van der Waals surface area contributed by atoms with Crippen LogP contribution in [0.3, 0.4) is 0 Å². The van der Waals surface area contributed by atoms with Gasteiger partial charge in [0.05, 0.1) is 12.7 Å². The van der Waals surface area contributed by atoms with E-state index in [0.717, 1.165) is 25.6 Å². The lowest BCUT2D eigenvalue weighted by Gasteiger charge is -2.30. The molecule has 1 aliphatic heterocycles. The standard InChI is InChI=1S/C16H25N3O2/c1-12-5-8-19(9-6-12)10-7-18-16(20)14-4-3-13(17)11-15(14)21-2/h3-4,11-12H,5-10,17H2,1-2H3,(H,18,20). The first-order chi connectivity index (χ1) is 10.1. The van der Waals surface area contributed by atoms with Crippen LogP contribution in [0, 0.1) is 5.92 Å². The summed E-state index contributed by atoms with van der Waals surface area (Å²) in [6, 6.07) is 5.08. The Morgan fingerprint density at radius 1 is 1.43 bits per heavy atom. The van der Waals surface area contributed by atoms with Gasteiger partial charge in [0, 0.05) is 24.8 Å². The molecule has 0 saturated carbocycles. The van der Waals surface area contributed by atoms with E-state index in [9.17, 15) is 4.79 Å². The molecule has 1 heterocycles. The van der Waals surface area contributed by atoms with Gasteiger partial charge >= 0.3 is 0 Å². The number of anilines is 1. The molecule has 2 rings (SSSR count). The van der Waals surface area contributed by atoms with E-state index in [1.807, 2.05) is 0 Å². The number of nitrogen functional groups attached to an aromatic ring is 1. The van der Waals surface area contributed by atoms with Crippen LogP contribution in [0.15, 0.2) is 18.2 Å². The number of ether oxygens (including phenoxy) is 1. The molecular weight excluding hydrogens is 266 g/mol. The van der Waals surface area contributed by atoms with Crippen molar-refractivity contribution >= 4 is 11.6 Å². The number of amides is 1. The van der Waals surface area contributed by atoms with Gasteiger partial charge in [0.2, 0.25) is 0 Å². The largest absolute Gasteiger partial charge is 0.496 e. The molecule has 21 heavy (non-hydrogen) atoms. The van der Waals surface area contributed by atoms with E-state index in [4.69, 9.17) is 10.5 Å². The summed E-state index contributed by atoms with van der Waals surface area (Å²) in [6.45, 7) is 6.10. The number of methoxy groups -OCH3 is 1. The molecule has 1 aromatic carbocycles. The summed E-state index contributed by atoms with van der Waals surface area (Å²) in [5.41, 5.74) is 6.81. The fourth-order valence-corrected chi connectivity index (χ4v) is 2.60. The topological polar surface area (TPSA) is 67.6 Å². The first kappa shape index (κ1) is 15.6. The number of carbonyl (C=O) groups excluding carboxylic acids is 1. The van der Waals surface area contributed by atoms with Crippen molar-refractivity contribution in [1.82, 2.24) is 10.2 Å². The Bertz CT molecular complexity index is 482. The molecule has 0 aliphatic carbocycles. The van der Waals surface area contributed by atoms with Gasteiger partial charge < -0.3 is 20.7 Å². The summed E-state index contributed by atoms with van der Waals surface area (Å²) in [5.74, 6) is 1.23. The summed E-state index contributed by atoms with van der Waals surface area (Å²) in [5, 5.41) is 2.95. The molecule has 0 unspecified atom stereocenters. The number of hydrogen-bond acceptors (Lipinski definition) is 4. The minimum atomic E-state index is -0.114. The highest BCUT2D eigenvalue weighted by Gasteiger charge is 2.16. The Morgan fingerprint density at radius 2 is 2.14 bits per heavy atom. The second kappa shape index (κ2) is 7.31. The third kappa shape index (κ3) is 4.36. The average Bonchev–Trinajstić information content (AvgIpc) is 2.49. The van der Waals surface area contributed by atoms with E-state index in [2.05, 4.69) is 17.1 Å². The molecular formula is C16H25N3O2. The van der Waals surface area contributed by atoms with Crippen LogP contribution in [-0.4, -0.2) is 44.1 Å². The third-order valence-electron chi connectivity index (χ3n) is 4.06. The first-order valence-corrected chi connectivity index (χ1v) is 7.54. The monoisotopic (exact) mass is 291 g/mol. The molecule has 1 aromatic rings. The van der Waals surface area contributed by atoms with Crippen molar-refractivity contribution in [2.24, 2.45) is 5.92 Å². The smallest absolute Gasteiger partial charge is 0.255 e. The van der Waals surface area contributed by atoms with Crippen LogP contribution < -0.4 is 15.8 Å². The van der Waals surface area contributed by atoms with E-state index in [1.165, 1.54) is 12.8 Å². The fraction of sp³-hybridized carbons (Fsp3) is 0.562. The highest BCUT2D eigenvalue weighted by molar-refractivity contribution is 5.97. The van der Waals surface area contributed by atoms with Crippen molar-refractivity contribution in [3.05, 3.63) is 23.8 Å². The predicted octanol–water partition coefficient (Wildman–Crippen LogP) is 1.74. The lowest BCUT2D eigenvalue weighted by molar-refractivity contribution is 0.0941. The minimum Gasteiger partial charge on any atom is -0.496 e. The molecule has 116 valence electrons. The van der Waals surface area contributed by atoms with Crippen molar-refractivity contribution in [3.8, 4) is 5.75 Å². The Kier molecular flexibility index (Phi) is 5.44. The number of hydrogen-bond donors (Lipinski definition) is 2. The zero-order valence-electron chi connectivity index (χ0n) is 12.9. The molecule has 5 nitrogen and oxygen atoms in total. The number of nitrogens with two attached hydrogens (primary N) is 1. The molecule has 1 fully saturated rings. The second-order valence-electron chi connectivity index (χ2n) is 5.74. The average molecular weight is 291 g/mol. The molecule has 1 saturated heterocycles. The van der Waals surface area contributed by atoms with Crippen LogP contribution >= 0.6 is 0 Å².